The highest BCUT2D eigenvalue weighted by molar-refractivity contribution is 5.88. The van der Waals surface area contributed by atoms with Crippen LogP contribution in [-0.2, 0) is 4.74 Å². The summed E-state index contributed by atoms with van der Waals surface area (Å²) in [5, 5.41) is 8.94. The minimum Gasteiger partial charge on any atom is -0.478 e. The summed E-state index contributed by atoms with van der Waals surface area (Å²) in [7, 11) is 0. The highest BCUT2D eigenvalue weighted by Crippen LogP contribution is 2.25. The van der Waals surface area contributed by atoms with Gasteiger partial charge in [-0.2, -0.15) is 0 Å². The van der Waals surface area contributed by atoms with Crippen molar-refractivity contribution in [2.75, 3.05) is 0 Å². The van der Waals surface area contributed by atoms with Crippen LogP contribution in [0.4, 0.5) is 4.39 Å². The van der Waals surface area contributed by atoms with Gasteiger partial charge in [-0.1, -0.05) is 26.2 Å². The second kappa shape index (κ2) is 7.41. The second-order valence-electron chi connectivity index (χ2n) is 5.30. The van der Waals surface area contributed by atoms with Crippen molar-refractivity contribution in [1.29, 1.82) is 0 Å². The van der Waals surface area contributed by atoms with Gasteiger partial charge < -0.3 is 14.6 Å². The molecule has 21 heavy (non-hydrogen) atoms. The molecule has 0 aliphatic heterocycles. The third kappa shape index (κ3) is 4.43. The molecule has 0 aromatic heterocycles. The zero-order valence-electron chi connectivity index (χ0n) is 12.2. The van der Waals surface area contributed by atoms with Crippen molar-refractivity contribution >= 4 is 5.97 Å². The van der Waals surface area contributed by atoms with Gasteiger partial charge in [-0.15, -0.1) is 0 Å². The first-order valence-electron chi connectivity index (χ1n) is 7.45. The molecule has 0 spiro atoms. The van der Waals surface area contributed by atoms with E-state index in [2.05, 4.69) is 0 Å². The molecular formula is C16H21FO4. The number of aromatic carboxylic acids is 1. The monoisotopic (exact) mass is 296 g/mol. The number of rotatable bonds is 6. The van der Waals surface area contributed by atoms with Gasteiger partial charge in [0.2, 0.25) is 0 Å². The van der Waals surface area contributed by atoms with Gasteiger partial charge >= 0.3 is 5.97 Å². The first-order chi connectivity index (χ1) is 10.1. The molecule has 1 aromatic carbocycles. The lowest BCUT2D eigenvalue weighted by molar-refractivity contribution is -0.130. The van der Waals surface area contributed by atoms with E-state index in [1.165, 1.54) is 18.6 Å². The molecule has 0 radical (unpaired) electrons. The molecule has 0 bridgehead atoms. The molecule has 1 N–H and O–H groups in total. The summed E-state index contributed by atoms with van der Waals surface area (Å²) in [6, 6.07) is 3.52. The maximum Gasteiger partial charge on any atom is 0.335 e. The summed E-state index contributed by atoms with van der Waals surface area (Å²) in [6.45, 7) is 1.90. The van der Waals surface area contributed by atoms with Crippen LogP contribution in [0.5, 0.6) is 5.75 Å². The van der Waals surface area contributed by atoms with Crippen LogP contribution in [0.3, 0.4) is 0 Å². The Kier molecular flexibility index (Phi) is 5.56. The molecule has 5 heteroatoms. The number of hydrogen-bond acceptors (Lipinski definition) is 3. The van der Waals surface area contributed by atoms with Gasteiger partial charge in [0.15, 0.2) is 17.9 Å². The summed E-state index contributed by atoms with van der Waals surface area (Å²) in [5.41, 5.74) is -0.00100. The SMILES string of the molecule is CCC(Oc1cc(C(=O)O)ccc1F)OC1CCCCC1. The molecule has 1 atom stereocenters. The summed E-state index contributed by atoms with van der Waals surface area (Å²) < 4.78 is 25.1. The summed E-state index contributed by atoms with van der Waals surface area (Å²) in [5.74, 6) is -1.76. The Labute approximate surface area is 123 Å². The fourth-order valence-electron chi connectivity index (χ4n) is 2.49. The average molecular weight is 296 g/mol. The maximum atomic E-state index is 13.7. The first-order valence-corrected chi connectivity index (χ1v) is 7.45. The number of carboxylic acids is 1. The van der Waals surface area contributed by atoms with Crippen molar-refractivity contribution in [1.82, 2.24) is 0 Å². The number of hydrogen-bond donors (Lipinski definition) is 1. The highest BCUT2D eigenvalue weighted by Gasteiger charge is 2.20. The van der Waals surface area contributed by atoms with E-state index in [1.807, 2.05) is 6.92 Å². The number of ether oxygens (including phenoxy) is 2. The molecule has 2 rings (SSSR count). The minimum atomic E-state index is -1.11. The van der Waals surface area contributed by atoms with Gasteiger partial charge in [0.25, 0.3) is 0 Å². The van der Waals surface area contributed by atoms with Gasteiger partial charge in [0, 0.05) is 6.42 Å². The summed E-state index contributed by atoms with van der Waals surface area (Å²) in [6.07, 6.45) is 5.68. The van der Waals surface area contributed by atoms with E-state index in [1.54, 1.807) is 0 Å². The van der Waals surface area contributed by atoms with E-state index in [-0.39, 0.29) is 17.4 Å². The summed E-state index contributed by atoms with van der Waals surface area (Å²) in [4.78, 5) is 10.9. The van der Waals surface area contributed by atoms with Crippen molar-refractivity contribution in [2.24, 2.45) is 0 Å². The van der Waals surface area contributed by atoms with Crippen molar-refractivity contribution < 1.29 is 23.8 Å². The largest absolute Gasteiger partial charge is 0.478 e. The molecule has 1 saturated carbocycles. The number of benzene rings is 1. The maximum absolute atomic E-state index is 13.7. The third-order valence-corrected chi connectivity index (χ3v) is 3.67. The number of carboxylic acid groups (broad SMARTS) is 1. The van der Waals surface area contributed by atoms with Crippen molar-refractivity contribution in [3.63, 3.8) is 0 Å². The van der Waals surface area contributed by atoms with Crippen molar-refractivity contribution in [3.05, 3.63) is 29.6 Å². The van der Waals surface area contributed by atoms with Crippen LogP contribution in [0, 0.1) is 5.82 Å². The normalized spacial score (nSPS) is 17.4. The topological polar surface area (TPSA) is 55.8 Å². The van der Waals surface area contributed by atoms with Crippen LogP contribution in [0.15, 0.2) is 18.2 Å². The molecule has 0 amide bonds. The fraction of sp³-hybridized carbons (Fsp3) is 0.562. The van der Waals surface area contributed by atoms with E-state index >= 15 is 0 Å². The Morgan fingerprint density at radius 3 is 2.71 bits per heavy atom. The standard InChI is InChI=1S/C16H21FO4/c1-2-15(20-12-6-4-3-5-7-12)21-14-10-11(16(18)19)8-9-13(14)17/h8-10,12,15H,2-7H2,1H3,(H,18,19). The molecule has 1 aliphatic carbocycles. The molecule has 1 aliphatic rings. The Balaban J connectivity index is 2.03. The van der Waals surface area contributed by atoms with Gasteiger partial charge in [-0.05, 0) is 31.0 Å². The number of carbonyl (C=O) groups is 1. The lowest BCUT2D eigenvalue weighted by Crippen LogP contribution is -2.28. The highest BCUT2D eigenvalue weighted by atomic mass is 19.1. The fourth-order valence-corrected chi connectivity index (χ4v) is 2.49. The molecule has 4 nitrogen and oxygen atoms in total. The predicted octanol–water partition coefficient (Wildman–Crippen LogP) is 3.99. The molecular weight excluding hydrogens is 275 g/mol. The Morgan fingerprint density at radius 2 is 2.10 bits per heavy atom. The molecule has 116 valence electrons. The summed E-state index contributed by atoms with van der Waals surface area (Å²) >= 11 is 0. The van der Waals surface area contributed by atoms with E-state index in [0.717, 1.165) is 31.7 Å². The van der Waals surface area contributed by atoms with Crippen LogP contribution < -0.4 is 4.74 Å². The lowest BCUT2D eigenvalue weighted by atomic mass is 9.98. The van der Waals surface area contributed by atoms with Crippen molar-refractivity contribution in [3.8, 4) is 5.75 Å². The van der Waals surface area contributed by atoms with Gasteiger partial charge in [-0.3, -0.25) is 0 Å². The van der Waals surface area contributed by atoms with Crippen LogP contribution in [-0.4, -0.2) is 23.5 Å². The smallest absolute Gasteiger partial charge is 0.335 e. The van der Waals surface area contributed by atoms with Gasteiger partial charge in [-0.25, -0.2) is 9.18 Å². The van der Waals surface area contributed by atoms with E-state index in [0.29, 0.717) is 6.42 Å². The van der Waals surface area contributed by atoms with E-state index < -0.39 is 18.1 Å². The average Bonchev–Trinajstić information content (AvgIpc) is 2.49. The zero-order valence-corrected chi connectivity index (χ0v) is 12.2. The lowest BCUT2D eigenvalue weighted by Gasteiger charge is -2.27. The van der Waals surface area contributed by atoms with Crippen molar-refractivity contribution in [2.45, 2.75) is 57.8 Å². The molecule has 0 saturated heterocycles. The van der Waals surface area contributed by atoms with Gasteiger partial charge in [0.1, 0.15) is 0 Å². The number of halogens is 1. The van der Waals surface area contributed by atoms with E-state index in [4.69, 9.17) is 14.6 Å². The zero-order chi connectivity index (χ0) is 15.2. The van der Waals surface area contributed by atoms with E-state index in [9.17, 15) is 9.18 Å². The van der Waals surface area contributed by atoms with Crippen LogP contribution in [0.2, 0.25) is 0 Å². The minimum absolute atomic E-state index is 0.00100. The molecule has 0 heterocycles. The third-order valence-electron chi connectivity index (χ3n) is 3.67. The van der Waals surface area contributed by atoms with Crippen LogP contribution in [0.25, 0.3) is 0 Å². The van der Waals surface area contributed by atoms with Crippen LogP contribution in [0.1, 0.15) is 55.8 Å². The first kappa shape index (κ1) is 15.8. The van der Waals surface area contributed by atoms with Gasteiger partial charge in [0.05, 0.1) is 11.7 Å². The van der Waals surface area contributed by atoms with Crippen LogP contribution >= 0.6 is 0 Å². The quantitative estimate of drug-likeness (QED) is 0.806. The Morgan fingerprint density at radius 1 is 1.38 bits per heavy atom. The Hall–Kier alpha value is -1.62. The second-order valence-corrected chi connectivity index (χ2v) is 5.30. The molecule has 1 aromatic rings. The Bertz CT molecular complexity index is 483. The molecule has 1 fully saturated rings. The predicted molar refractivity (Wildman–Crippen MR) is 76.0 cm³/mol. The molecule has 1 unspecified atom stereocenters.